The highest BCUT2D eigenvalue weighted by molar-refractivity contribution is 5.40. The largest absolute Gasteiger partial charge is 0.493 e. The molecule has 1 heterocycles. The fraction of sp³-hybridized carbons (Fsp3) is 0.571. The maximum atomic E-state index is 5.53. The summed E-state index contributed by atoms with van der Waals surface area (Å²) < 4.78 is 5.53. The van der Waals surface area contributed by atoms with E-state index >= 15 is 0 Å². The fourth-order valence-electron chi connectivity index (χ4n) is 2.30. The molecule has 1 atom stereocenters. The highest BCUT2D eigenvalue weighted by Gasteiger charge is 2.15. The van der Waals surface area contributed by atoms with Crippen LogP contribution < -0.4 is 15.8 Å². The lowest BCUT2D eigenvalue weighted by molar-refractivity contribution is 0.356. The summed E-state index contributed by atoms with van der Waals surface area (Å²) in [5.41, 5.74) is 8.23. The van der Waals surface area contributed by atoms with Crippen molar-refractivity contribution in [3.63, 3.8) is 0 Å². The van der Waals surface area contributed by atoms with E-state index in [1.54, 1.807) is 0 Å². The molecule has 1 aliphatic heterocycles. The molecule has 0 saturated carbocycles. The van der Waals surface area contributed by atoms with Gasteiger partial charge in [0.25, 0.3) is 0 Å². The second-order valence-corrected chi connectivity index (χ2v) is 4.52. The lowest BCUT2D eigenvalue weighted by Crippen LogP contribution is -2.23. The summed E-state index contributed by atoms with van der Waals surface area (Å²) in [4.78, 5) is 0. The fourth-order valence-corrected chi connectivity index (χ4v) is 2.30. The minimum absolute atomic E-state index is 0.437. The number of ether oxygens (including phenoxy) is 1. The number of nitrogens with two attached hydrogens (primary N) is 1. The van der Waals surface area contributed by atoms with Crippen LogP contribution in [-0.2, 0) is 6.42 Å². The number of fused-ring (bicyclic) bond motifs is 1. The van der Waals surface area contributed by atoms with Gasteiger partial charge in [0, 0.05) is 12.5 Å². The number of hydrogen-bond acceptors (Lipinski definition) is 3. The van der Waals surface area contributed by atoms with Crippen molar-refractivity contribution in [1.29, 1.82) is 0 Å². The number of nitrogens with one attached hydrogen (secondary N) is 1. The van der Waals surface area contributed by atoms with E-state index in [0.717, 1.165) is 44.7 Å². The van der Waals surface area contributed by atoms with Crippen LogP contribution >= 0.6 is 0 Å². The quantitative estimate of drug-likeness (QED) is 0.740. The molecule has 2 rings (SSSR count). The average molecular weight is 234 g/mol. The first-order valence-electron chi connectivity index (χ1n) is 6.54. The van der Waals surface area contributed by atoms with Gasteiger partial charge in [-0.15, -0.1) is 0 Å². The van der Waals surface area contributed by atoms with E-state index in [0.29, 0.717) is 6.04 Å². The van der Waals surface area contributed by atoms with E-state index in [1.807, 2.05) is 0 Å². The zero-order valence-corrected chi connectivity index (χ0v) is 10.5. The van der Waals surface area contributed by atoms with Gasteiger partial charge in [-0.2, -0.15) is 0 Å². The van der Waals surface area contributed by atoms with Gasteiger partial charge in [0.2, 0.25) is 0 Å². The van der Waals surface area contributed by atoms with Crippen molar-refractivity contribution in [2.45, 2.75) is 32.2 Å². The van der Waals surface area contributed by atoms with Crippen molar-refractivity contribution >= 4 is 0 Å². The molecule has 3 heteroatoms. The van der Waals surface area contributed by atoms with Crippen molar-refractivity contribution in [2.24, 2.45) is 5.73 Å². The van der Waals surface area contributed by atoms with Gasteiger partial charge in [0.1, 0.15) is 5.75 Å². The minimum Gasteiger partial charge on any atom is -0.493 e. The first kappa shape index (κ1) is 12.4. The Labute approximate surface area is 103 Å². The number of hydrogen-bond donors (Lipinski definition) is 2. The Morgan fingerprint density at radius 2 is 2.35 bits per heavy atom. The molecule has 1 aromatic carbocycles. The molecule has 0 amide bonds. The van der Waals surface area contributed by atoms with Crippen LogP contribution in [-0.4, -0.2) is 19.7 Å². The molecule has 0 saturated heterocycles. The van der Waals surface area contributed by atoms with Crippen molar-refractivity contribution < 1.29 is 4.74 Å². The summed E-state index contributed by atoms with van der Waals surface area (Å²) >= 11 is 0. The van der Waals surface area contributed by atoms with E-state index in [9.17, 15) is 0 Å². The zero-order valence-electron chi connectivity index (χ0n) is 10.5. The normalized spacial score (nSPS) is 15.4. The Kier molecular flexibility index (Phi) is 4.40. The van der Waals surface area contributed by atoms with Gasteiger partial charge in [-0.25, -0.2) is 0 Å². The monoisotopic (exact) mass is 234 g/mol. The van der Waals surface area contributed by atoms with Gasteiger partial charge in [0.05, 0.1) is 6.61 Å². The summed E-state index contributed by atoms with van der Waals surface area (Å²) in [6, 6.07) is 7.00. The molecular weight excluding hydrogens is 212 g/mol. The third-order valence-electron chi connectivity index (χ3n) is 3.30. The van der Waals surface area contributed by atoms with Crippen LogP contribution in [0.2, 0.25) is 0 Å². The van der Waals surface area contributed by atoms with Crippen LogP contribution in [0.15, 0.2) is 18.2 Å². The molecule has 0 aromatic heterocycles. The summed E-state index contributed by atoms with van der Waals surface area (Å²) in [6.45, 7) is 4.78. The van der Waals surface area contributed by atoms with Crippen molar-refractivity contribution in [3.8, 4) is 5.75 Å². The van der Waals surface area contributed by atoms with E-state index in [2.05, 4.69) is 30.4 Å². The molecule has 1 unspecified atom stereocenters. The molecule has 1 aromatic rings. The minimum atomic E-state index is 0.437. The standard InChI is InChI=1S/C14H22N2O/c1-2-13(16-8-3-7-15)11-4-5-14-12(10-11)6-9-17-14/h4-5,10,13,16H,2-3,6-9,15H2,1H3. The van der Waals surface area contributed by atoms with Crippen LogP contribution in [0.25, 0.3) is 0 Å². The molecule has 0 spiro atoms. The van der Waals surface area contributed by atoms with Crippen molar-refractivity contribution in [2.75, 3.05) is 19.7 Å². The Hall–Kier alpha value is -1.06. The number of benzene rings is 1. The molecule has 0 fully saturated rings. The SMILES string of the molecule is CCC(NCCCN)c1ccc2c(c1)CCO2. The van der Waals surface area contributed by atoms with Gasteiger partial charge in [-0.1, -0.05) is 19.1 Å². The molecule has 0 aliphatic carbocycles. The maximum Gasteiger partial charge on any atom is 0.122 e. The van der Waals surface area contributed by atoms with Crippen LogP contribution in [0.5, 0.6) is 5.75 Å². The van der Waals surface area contributed by atoms with E-state index < -0.39 is 0 Å². The van der Waals surface area contributed by atoms with Crippen molar-refractivity contribution in [1.82, 2.24) is 5.32 Å². The second kappa shape index (κ2) is 6.03. The molecule has 94 valence electrons. The predicted octanol–water partition coefficient (Wildman–Crippen LogP) is 2.01. The summed E-state index contributed by atoms with van der Waals surface area (Å²) in [5, 5.41) is 3.56. The Balaban J connectivity index is 2.03. The lowest BCUT2D eigenvalue weighted by atomic mass is 10.0. The maximum absolute atomic E-state index is 5.53. The summed E-state index contributed by atoms with van der Waals surface area (Å²) in [7, 11) is 0. The Morgan fingerprint density at radius 1 is 1.47 bits per heavy atom. The van der Waals surface area contributed by atoms with Crippen LogP contribution in [0.3, 0.4) is 0 Å². The van der Waals surface area contributed by atoms with Gasteiger partial charge in [-0.05, 0) is 43.1 Å². The molecule has 0 bridgehead atoms. The topological polar surface area (TPSA) is 47.3 Å². The van der Waals surface area contributed by atoms with Crippen molar-refractivity contribution in [3.05, 3.63) is 29.3 Å². The van der Waals surface area contributed by atoms with Gasteiger partial charge in [-0.3, -0.25) is 0 Å². The third kappa shape index (κ3) is 2.99. The Bertz CT molecular complexity index is 365. The molecule has 3 nitrogen and oxygen atoms in total. The van der Waals surface area contributed by atoms with E-state index in [-0.39, 0.29) is 0 Å². The highest BCUT2D eigenvalue weighted by atomic mass is 16.5. The molecule has 1 aliphatic rings. The van der Waals surface area contributed by atoms with Gasteiger partial charge >= 0.3 is 0 Å². The smallest absolute Gasteiger partial charge is 0.122 e. The van der Waals surface area contributed by atoms with Crippen LogP contribution in [0, 0.1) is 0 Å². The van der Waals surface area contributed by atoms with Crippen LogP contribution in [0.1, 0.15) is 36.9 Å². The zero-order chi connectivity index (χ0) is 12.1. The van der Waals surface area contributed by atoms with Gasteiger partial charge in [0.15, 0.2) is 0 Å². The number of rotatable bonds is 6. The Morgan fingerprint density at radius 3 is 3.12 bits per heavy atom. The predicted molar refractivity (Wildman–Crippen MR) is 70.3 cm³/mol. The molecule has 17 heavy (non-hydrogen) atoms. The first-order valence-corrected chi connectivity index (χ1v) is 6.54. The third-order valence-corrected chi connectivity index (χ3v) is 3.30. The van der Waals surface area contributed by atoms with Gasteiger partial charge < -0.3 is 15.8 Å². The van der Waals surface area contributed by atoms with E-state index in [4.69, 9.17) is 10.5 Å². The average Bonchev–Trinajstić information content (AvgIpc) is 2.82. The molecule has 0 radical (unpaired) electrons. The summed E-state index contributed by atoms with van der Waals surface area (Å²) in [5.74, 6) is 1.06. The molecular formula is C14H22N2O. The summed E-state index contributed by atoms with van der Waals surface area (Å²) in [6.07, 6.45) is 3.18. The van der Waals surface area contributed by atoms with Crippen LogP contribution in [0.4, 0.5) is 0 Å². The highest BCUT2D eigenvalue weighted by Crippen LogP contribution is 2.28. The second-order valence-electron chi connectivity index (χ2n) is 4.52. The lowest BCUT2D eigenvalue weighted by Gasteiger charge is -2.18. The first-order chi connectivity index (χ1) is 8.35. The van der Waals surface area contributed by atoms with E-state index in [1.165, 1.54) is 11.1 Å². The molecule has 3 N–H and O–H groups in total.